The minimum atomic E-state index is 0.398. The number of rotatable bonds is 8. The number of amidine groups is 1. The van der Waals surface area contributed by atoms with Crippen molar-refractivity contribution in [1.29, 1.82) is 5.41 Å². The van der Waals surface area contributed by atoms with Crippen LogP contribution in [0, 0.1) is 11.3 Å². The third kappa shape index (κ3) is 5.10. The standard InChI is InChI=1S/C26H35N5/c27-26(31(23-11-13-28-15-23)18-20-5-2-1-3-6-20)16-29-25-8-4-7-22-19-30(14-12-24(22)25)17-21-9-10-21/h1-8,21,23,27-29H,9-19H2. The Kier molecular flexibility index (Phi) is 6.23. The lowest BCUT2D eigenvalue weighted by molar-refractivity contribution is 0.244. The lowest BCUT2D eigenvalue weighted by atomic mass is 9.97. The summed E-state index contributed by atoms with van der Waals surface area (Å²) in [6.45, 7) is 6.89. The van der Waals surface area contributed by atoms with Crippen LogP contribution in [0.4, 0.5) is 5.69 Å². The molecule has 1 saturated heterocycles. The van der Waals surface area contributed by atoms with Crippen molar-refractivity contribution in [2.45, 2.75) is 44.8 Å². The SMILES string of the molecule is N=C(CNc1cccc2c1CCN(CC1CC1)C2)N(Cc1ccccc1)C1CCNC1. The molecule has 0 radical (unpaired) electrons. The zero-order valence-electron chi connectivity index (χ0n) is 18.4. The average Bonchev–Trinajstić information content (AvgIpc) is 3.45. The van der Waals surface area contributed by atoms with Gasteiger partial charge in [0.05, 0.1) is 6.54 Å². The Morgan fingerprint density at radius 1 is 1.10 bits per heavy atom. The fraction of sp³-hybridized carbons (Fsp3) is 0.500. The molecule has 2 aromatic carbocycles. The first-order chi connectivity index (χ1) is 15.3. The number of hydrogen-bond donors (Lipinski definition) is 3. The van der Waals surface area contributed by atoms with E-state index in [1.807, 2.05) is 0 Å². The number of hydrogen-bond acceptors (Lipinski definition) is 4. The molecule has 5 rings (SSSR count). The van der Waals surface area contributed by atoms with E-state index in [0.29, 0.717) is 18.4 Å². The topological polar surface area (TPSA) is 54.4 Å². The van der Waals surface area contributed by atoms with E-state index in [1.54, 1.807) is 0 Å². The normalized spacial score (nSPS) is 21.0. The van der Waals surface area contributed by atoms with Crippen LogP contribution in [-0.4, -0.2) is 54.4 Å². The zero-order chi connectivity index (χ0) is 21.0. The summed E-state index contributed by atoms with van der Waals surface area (Å²) in [7, 11) is 0. The monoisotopic (exact) mass is 417 g/mol. The van der Waals surface area contributed by atoms with E-state index < -0.39 is 0 Å². The summed E-state index contributed by atoms with van der Waals surface area (Å²) < 4.78 is 0. The van der Waals surface area contributed by atoms with Gasteiger partial charge in [-0.3, -0.25) is 10.3 Å². The molecule has 31 heavy (non-hydrogen) atoms. The molecule has 2 aromatic rings. The Balaban J connectivity index is 1.24. The number of benzene rings is 2. The molecule has 0 amide bonds. The Hall–Kier alpha value is -2.37. The Bertz CT molecular complexity index is 886. The van der Waals surface area contributed by atoms with Gasteiger partial charge in [-0.1, -0.05) is 42.5 Å². The Labute approximate surface area is 186 Å². The second kappa shape index (κ2) is 9.41. The molecule has 164 valence electrons. The highest BCUT2D eigenvalue weighted by Crippen LogP contribution is 2.32. The van der Waals surface area contributed by atoms with Crippen molar-refractivity contribution in [3.63, 3.8) is 0 Å². The molecule has 2 fully saturated rings. The predicted molar refractivity (Wildman–Crippen MR) is 128 cm³/mol. The van der Waals surface area contributed by atoms with Gasteiger partial charge in [-0.05, 0) is 60.9 Å². The Morgan fingerprint density at radius 3 is 2.74 bits per heavy atom. The molecule has 0 aromatic heterocycles. The first-order valence-electron chi connectivity index (χ1n) is 11.9. The van der Waals surface area contributed by atoms with Crippen molar-refractivity contribution in [2.75, 3.05) is 38.0 Å². The van der Waals surface area contributed by atoms with Gasteiger partial charge in [-0.15, -0.1) is 0 Å². The molecule has 5 heteroatoms. The lowest BCUT2D eigenvalue weighted by Gasteiger charge is -2.32. The third-order valence-electron chi connectivity index (χ3n) is 7.02. The molecule has 3 N–H and O–H groups in total. The fourth-order valence-corrected chi connectivity index (χ4v) is 5.07. The van der Waals surface area contributed by atoms with E-state index in [4.69, 9.17) is 5.41 Å². The van der Waals surface area contributed by atoms with Gasteiger partial charge in [-0.2, -0.15) is 0 Å². The van der Waals surface area contributed by atoms with E-state index in [9.17, 15) is 0 Å². The molecule has 1 atom stereocenters. The molecular weight excluding hydrogens is 382 g/mol. The summed E-state index contributed by atoms with van der Waals surface area (Å²) in [6, 6.07) is 17.6. The van der Waals surface area contributed by atoms with Gasteiger partial charge in [0, 0.05) is 44.5 Å². The first kappa shape index (κ1) is 20.5. The van der Waals surface area contributed by atoms with Gasteiger partial charge in [0.25, 0.3) is 0 Å². The fourth-order valence-electron chi connectivity index (χ4n) is 5.07. The molecule has 0 bridgehead atoms. The van der Waals surface area contributed by atoms with E-state index in [0.717, 1.165) is 51.5 Å². The number of fused-ring (bicyclic) bond motifs is 1. The molecule has 1 unspecified atom stereocenters. The highest BCUT2D eigenvalue weighted by atomic mass is 15.2. The van der Waals surface area contributed by atoms with Gasteiger partial charge in [0.2, 0.25) is 0 Å². The molecule has 2 aliphatic heterocycles. The van der Waals surface area contributed by atoms with Crippen LogP contribution in [0.1, 0.15) is 36.0 Å². The van der Waals surface area contributed by atoms with E-state index in [1.165, 1.54) is 41.8 Å². The van der Waals surface area contributed by atoms with E-state index in [-0.39, 0.29) is 0 Å². The van der Waals surface area contributed by atoms with Gasteiger partial charge < -0.3 is 15.5 Å². The highest BCUT2D eigenvalue weighted by molar-refractivity contribution is 5.84. The smallest absolute Gasteiger partial charge is 0.116 e. The molecule has 1 saturated carbocycles. The highest BCUT2D eigenvalue weighted by Gasteiger charge is 2.27. The predicted octanol–water partition coefficient (Wildman–Crippen LogP) is 3.71. The van der Waals surface area contributed by atoms with E-state index in [2.05, 4.69) is 69.0 Å². The van der Waals surface area contributed by atoms with Crippen molar-refractivity contribution >= 4 is 11.5 Å². The van der Waals surface area contributed by atoms with Crippen molar-refractivity contribution in [1.82, 2.24) is 15.1 Å². The molecule has 2 heterocycles. The van der Waals surface area contributed by atoms with Crippen molar-refractivity contribution in [3.05, 3.63) is 65.2 Å². The Morgan fingerprint density at radius 2 is 1.97 bits per heavy atom. The second-order valence-electron chi connectivity index (χ2n) is 9.43. The minimum Gasteiger partial charge on any atom is -0.378 e. The van der Waals surface area contributed by atoms with Crippen molar-refractivity contribution < 1.29 is 0 Å². The van der Waals surface area contributed by atoms with Crippen LogP contribution < -0.4 is 10.6 Å². The van der Waals surface area contributed by atoms with Gasteiger partial charge >= 0.3 is 0 Å². The minimum absolute atomic E-state index is 0.398. The summed E-state index contributed by atoms with van der Waals surface area (Å²) in [5.41, 5.74) is 5.41. The molecule has 3 aliphatic rings. The van der Waals surface area contributed by atoms with Crippen LogP contribution in [0.5, 0.6) is 0 Å². The van der Waals surface area contributed by atoms with Crippen LogP contribution in [0.2, 0.25) is 0 Å². The molecule has 0 spiro atoms. The van der Waals surface area contributed by atoms with Crippen LogP contribution >= 0.6 is 0 Å². The van der Waals surface area contributed by atoms with Crippen molar-refractivity contribution in [2.24, 2.45) is 5.92 Å². The average molecular weight is 418 g/mol. The van der Waals surface area contributed by atoms with Gasteiger partial charge in [0.15, 0.2) is 0 Å². The third-order valence-corrected chi connectivity index (χ3v) is 7.02. The summed E-state index contributed by atoms with van der Waals surface area (Å²) in [6.07, 6.45) is 5.05. The molecule has 5 nitrogen and oxygen atoms in total. The summed E-state index contributed by atoms with van der Waals surface area (Å²) in [4.78, 5) is 4.91. The number of nitrogens with zero attached hydrogens (tertiary/aromatic N) is 2. The molecule has 1 aliphatic carbocycles. The van der Waals surface area contributed by atoms with Crippen LogP contribution in [0.15, 0.2) is 48.5 Å². The maximum atomic E-state index is 8.89. The quantitative estimate of drug-likeness (QED) is 0.453. The van der Waals surface area contributed by atoms with Crippen LogP contribution in [-0.2, 0) is 19.5 Å². The van der Waals surface area contributed by atoms with E-state index >= 15 is 0 Å². The van der Waals surface area contributed by atoms with Gasteiger partial charge in [-0.25, -0.2) is 0 Å². The lowest BCUT2D eigenvalue weighted by Crippen LogP contribution is -2.43. The summed E-state index contributed by atoms with van der Waals surface area (Å²) >= 11 is 0. The number of nitrogens with one attached hydrogen (secondary N) is 3. The van der Waals surface area contributed by atoms with Crippen molar-refractivity contribution in [3.8, 4) is 0 Å². The maximum Gasteiger partial charge on any atom is 0.116 e. The van der Waals surface area contributed by atoms with Crippen LogP contribution in [0.3, 0.4) is 0 Å². The van der Waals surface area contributed by atoms with Crippen LogP contribution in [0.25, 0.3) is 0 Å². The zero-order valence-corrected chi connectivity index (χ0v) is 18.4. The largest absolute Gasteiger partial charge is 0.378 e. The summed E-state index contributed by atoms with van der Waals surface area (Å²) in [5, 5.41) is 16.0. The number of anilines is 1. The maximum absolute atomic E-state index is 8.89. The van der Waals surface area contributed by atoms with Gasteiger partial charge in [0.1, 0.15) is 5.84 Å². The summed E-state index contributed by atoms with van der Waals surface area (Å²) in [5.74, 6) is 1.63. The first-order valence-corrected chi connectivity index (χ1v) is 11.9. The molecular formula is C26H35N5. The second-order valence-corrected chi connectivity index (χ2v) is 9.43.